The van der Waals surface area contributed by atoms with E-state index in [0.717, 1.165) is 24.3 Å². The highest BCUT2D eigenvalue weighted by Gasteiger charge is 2.16. The van der Waals surface area contributed by atoms with Crippen molar-refractivity contribution in [3.63, 3.8) is 0 Å². The number of amides is 1. The monoisotopic (exact) mass is 329 g/mol. The topological polar surface area (TPSA) is 38.3 Å². The molecule has 1 atom stereocenters. The third-order valence-corrected chi connectivity index (χ3v) is 4.88. The Balaban J connectivity index is 1.67. The zero-order chi connectivity index (χ0) is 17.0. The van der Waals surface area contributed by atoms with Crippen molar-refractivity contribution in [1.29, 1.82) is 0 Å². The van der Waals surface area contributed by atoms with Gasteiger partial charge in [0.25, 0.3) is 0 Å². The smallest absolute Gasteiger partial charge is 0.407 e. The first-order valence-corrected chi connectivity index (χ1v) is 9.36. The molecule has 1 aliphatic rings. The number of carbonyl (C=O) groups excluding carboxylic acids is 1. The number of benzene rings is 1. The maximum atomic E-state index is 12.0. The number of rotatable bonds is 9. The number of hydrogen-bond acceptors (Lipinski definition) is 2. The molecule has 1 aromatic carbocycles. The molecule has 0 spiro atoms. The third-order valence-electron chi connectivity index (χ3n) is 4.88. The minimum atomic E-state index is -0.330. The van der Waals surface area contributed by atoms with E-state index in [0.29, 0.717) is 6.61 Å². The molecule has 1 amide bonds. The van der Waals surface area contributed by atoms with Crippen molar-refractivity contribution in [3.8, 4) is 0 Å². The molecule has 1 aliphatic carbocycles. The molecule has 3 nitrogen and oxygen atoms in total. The number of nitrogens with one attached hydrogen (secondary N) is 1. The van der Waals surface area contributed by atoms with Gasteiger partial charge in [-0.3, -0.25) is 0 Å². The van der Waals surface area contributed by atoms with Crippen molar-refractivity contribution in [2.24, 2.45) is 5.92 Å². The molecule has 24 heavy (non-hydrogen) atoms. The molecule has 3 heteroatoms. The SMILES string of the molecule is C=CC[C@H](CCCC1CCCCC1)NC(=O)OCc1ccccc1. The second-order valence-corrected chi connectivity index (χ2v) is 6.86. The number of ether oxygens (including phenoxy) is 1. The molecule has 132 valence electrons. The summed E-state index contributed by atoms with van der Waals surface area (Å²) in [5.41, 5.74) is 1.00. The van der Waals surface area contributed by atoms with E-state index in [1.165, 1.54) is 44.9 Å². The van der Waals surface area contributed by atoms with E-state index in [-0.39, 0.29) is 12.1 Å². The molecular formula is C21H31NO2. The van der Waals surface area contributed by atoms with Gasteiger partial charge in [0.2, 0.25) is 0 Å². The molecule has 0 unspecified atom stereocenters. The van der Waals surface area contributed by atoms with E-state index < -0.39 is 0 Å². The fourth-order valence-electron chi connectivity index (χ4n) is 3.51. The van der Waals surface area contributed by atoms with Crippen molar-refractivity contribution in [2.75, 3.05) is 0 Å². The fourth-order valence-corrected chi connectivity index (χ4v) is 3.51. The van der Waals surface area contributed by atoms with E-state index in [2.05, 4.69) is 11.9 Å². The van der Waals surface area contributed by atoms with Crippen molar-refractivity contribution < 1.29 is 9.53 Å². The Labute approximate surface area is 146 Å². The summed E-state index contributed by atoms with van der Waals surface area (Å²) in [7, 11) is 0. The van der Waals surface area contributed by atoms with E-state index in [1.54, 1.807) is 0 Å². The summed E-state index contributed by atoms with van der Waals surface area (Å²) in [5.74, 6) is 0.896. The van der Waals surface area contributed by atoms with Crippen LogP contribution in [0, 0.1) is 5.92 Å². The van der Waals surface area contributed by atoms with Crippen molar-refractivity contribution in [2.45, 2.75) is 70.4 Å². The number of alkyl carbamates (subject to hydrolysis) is 1. The van der Waals surface area contributed by atoms with E-state index >= 15 is 0 Å². The summed E-state index contributed by atoms with van der Waals surface area (Å²) in [6.07, 6.45) is 12.8. The first kappa shape index (κ1) is 18.6. The highest BCUT2D eigenvalue weighted by molar-refractivity contribution is 5.67. The molecule has 0 saturated heterocycles. The maximum absolute atomic E-state index is 12.0. The molecule has 1 fully saturated rings. The Morgan fingerprint density at radius 2 is 2.00 bits per heavy atom. The van der Waals surface area contributed by atoms with Gasteiger partial charge in [-0.2, -0.15) is 0 Å². The average molecular weight is 329 g/mol. The van der Waals surface area contributed by atoms with Crippen LogP contribution in [-0.2, 0) is 11.3 Å². The Hall–Kier alpha value is -1.77. The maximum Gasteiger partial charge on any atom is 0.407 e. The van der Waals surface area contributed by atoms with Crippen LogP contribution >= 0.6 is 0 Å². The van der Waals surface area contributed by atoms with Gasteiger partial charge in [0.15, 0.2) is 0 Å². The van der Waals surface area contributed by atoms with Crippen LogP contribution in [0.5, 0.6) is 0 Å². The molecular weight excluding hydrogens is 298 g/mol. The number of carbonyl (C=O) groups is 1. The van der Waals surface area contributed by atoms with Crippen LogP contribution in [0.25, 0.3) is 0 Å². The summed E-state index contributed by atoms with van der Waals surface area (Å²) in [5, 5.41) is 2.99. The standard InChI is InChI=1S/C21H31NO2/c1-2-10-20(16-9-15-18-11-5-3-6-12-18)22-21(23)24-17-19-13-7-4-8-14-19/h2,4,7-8,13-14,18,20H,1,3,5-6,9-12,15-17H2,(H,22,23)/t20-/m1/s1. The van der Waals surface area contributed by atoms with E-state index in [1.807, 2.05) is 36.4 Å². The molecule has 0 radical (unpaired) electrons. The van der Waals surface area contributed by atoms with Gasteiger partial charge < -0.3 is 10.1 Å². The van der Waals surface area contributed by atoms with Gasteiger partial charge in [-0.1, -0.05) is 81.4 Å². The molecule has 0 bridgehead atoms. The van der Waals surface area contributed by atoms with Gasteiger partial charge in [-0.25, -0.2) is 4.79 Å². The predicted molar refractivity (Wildman–Crippen MR) is 98.8 cm³/mol. The Bertz CT molecular complexity index is 480. The second kappa shape index (κ2) is 10.9. The Morgan fingerprint density at radius 1 is 1.25 bits per heavy atom. The Morgan fingerprint density at radius 3 is 2.71 bits per heavy atom. The Kier molecular flexibility index (Phi) is 8.43. The zero-order valence-electron chi connectivity index (χ0n) is 14.7. The average Bonchev–Trinajstić information content (AvgIpc) is 2.62. The molecule has 0 heterocycles. The van der Waals surface area contributed by atoms with Crippen LogP contribution in [0.3, 0.4) is 0 Å². The lowest BCUT2D eigenvalue weighted by atomic mass is 9.85. The molecule has 1 saturated carbocycles. The lowest BCUT2D eigenvalue weighted by Gasteiger charge is -2.23. The van der Waals surface area contributed by atoms with Crippen LogP contribution < -0.4 is 5.32 Å². The quantitative estimate of drug-likeness (QED) is 0.598. The van der Waals surface area contributed by atoms with Crippen LogP contribution in [0.15, 0.2) is 43.0 Å². The van der Waals surface area contributed by atoms with E-state index in [4.69, 9.17) is 4.74 Å². The summed E-state index contributed by atoms with van der Waals surface area (Å²) in [6, 6.07) is 9.90. The highest BCUT2D eigenvalue weighted by atomic mass is 16.5. The van der Waals surface area contributed by atoms with Gasteiger partial charge in [0, 0.05) is 6.04 Å². The molecule has 2 rings (SSSR count). The van der Waals surface area contributed by atoms with Crippen LogP contribution in [0.4, 0.5) is 4.79 Å². The van der Waals surface area contributed by atoms with Crippen molar-refractivity contribution >= 4 is 6.09 Å². The molecule has 1 N–H and O–H groups in total. The highest BCUT2D eigenvalue weighted by Crippen LogP contribution is 2.28. The minimum Gasteiger partial charge on any atom is -0.445 e. The lowest BCUT2D eigenvalue weighted by Crippen LogP contribution is -2.35. The third kappa shape index (κ3) is 7.20. The number of hydrogen-bond donors (Lipinski definition) is 1. The zero-order valence-corrected chi connectivity index (χ0v) is 14.7. The van der Waals surface area contributed by atoms with Gasteiger partial charge in [-0.15, -0.1) is 6.58 Å². The first-order valence-electron chi connectivity index (χ1n) is 9.36. The lowest BCUT2D eigenvalue weighted by molar-refractivity contribution is 0.135. The summed E-state index contributed by atoms with van der Waals surface area (Å²) < 4.78 is 5.32. The summed E-state index contributed by atoms with van der Waals surface area (Å²) in [6.45, 7) is 4.12. The normalized spacial score (nSPS) is 16.3. The van der Waals surface area contributed by atoms with Gasteiger partial charge >= 0.3 is 6.09 Å². The molecule has 1 aromatic rings. The molecule has 0 aliphatic heterocycles. The summed E-state index contributed by atoms with van der Waals surface area (Å²) >= 11 is 0. The van der Waals surface area contributed by atoms with Gasteiger partial charge in [0.05, 0.1) is 0 Å². The first-order chi connectivity index (χ1) is 11.8. The van der Waals surface area contributed by atoms with Crippen LogP contribution in [-0.4, -0.2) is 12.1 Å². The van der Waals surface area contributed by atoms with Gasteiger partial charge in [0.1, 0.15) is 6.61 Å². The summed E-state index contributed by atoms with van der Waals surface area (Å²) in [4.78, 5) is 12.0. The van der Waals surface area contributed by atoms with E-state index in [9.17, 15) is 4.79 Å². The van der Waals surface area contributed by atoms with Crippen LogP contribution in [0.2, 0.25) is 0 Å². The second-order valence-electron chi connectivity index (χ2n) is 6.86. The minimum absolute atomic E-state index is 0.134. The van der Waals surface area contributed by atoms with Crippen molar-refractivity contribution in [1.82, 2.24) is 5.32 Å². The fraction of sp³-hybridized carbons (Fsp3) is 0.571. The van der Waals surface area contributed by atoms with Crippen molar-refractivity contribution in [3.05, 3.63) is 48.6 Å². The van der Waals surface area contributed by atoms with Gasteiger partial charge in [-0.05, 0) is 24.3 Å². The largest absolute Gasteiger partial charge is 0.445 e. The molecule has 0 aromatic heterocycles. The van der Waals surface area contributed by atoms with Crippen LogP contribution in [0.1, 0.15) is 63.4 Å². The predicted octanol–water partition coefficient (Wildman–Crippen LogP) is 5.61.